The molecule has 0 bridgehead atoms. The minimum absolute atomic E-state index is 0.0265. The Morgan fingerprint density at radius 3 is 2.56 bits per heavy atom. The summed E-state index contributed by atoms with van der Waals surface area (Å²) in [6.07, 6.45) is 7.63. The fraction of sp³-hybridized carbons (Fsp3) is 0.115. The summed E-state index contributed by atoms with van der Waals surface area (Å²) in [5, 5.41) is 1.06. The van der Waals surface area contributed by atoms with Crippen molar-refractivity contribution in [3.05, 3.63) is 102 Å². The van der Waals surface area contributed by atoms with Gasteiger partial charge in [0.05, 0.1) is 23.0 Å². The highest BCUT2D eigenvalue weighted by atomic mass is 19.1. The third kappa shape index (κ3) is 2.76. The molecule has 5 aromatic rings. The highest BCUT2D eigenvalue weighted by molar-refractivity contribution is 5.80. The molecule has 0 N–H and O–H groups in total. The molecular weight excluding hydrogens is 408 g/mol. The van der Waals surface area contributed by atoms with Crippen molar-refractivity contribution in [2.75, 3.05) is 0 Å². The lowest BCUT2D eigenvalue weighted by Gasteiger charge is -2.17. The average molecular weight is 425 g/mol. The van der Waals surface area contributed by atoms with Gasteiger partial charge in [0.2, 0.25) is 0 Å². The second kappa shape index (κ2) is 6.79. The number of rotatable bonds is 4. The molecule has 1 aliphatic rings. The summed E-state index contributed by atoms with van der Waals surface area (Å²) < 4.78 is 30.9. The molecule has 1 aliphatic carbocycles. The van der Waals surface area contributed by atoms with Gasteiger partial charge in [-0.3, -0.25) is 9.78 Å². The number of carbonyl (C=O) groups is 1. The van der Waals surface area contributed by atoms with Crippen molar-refractivity contribution < 1.29 is 13.6 Å². The van der Waals surface area contributed by atoms with Gasteiger partial charge in [-0.25, -0.2) is 13.8 Å². The maximum Gasteiger partial charge on any atom is 0.173 e. The van der Waals surface area contributed by atoms with Crippen LogP contribution in [0.1, 0.15) is 34.5 Å². The number of halogens is 2. The van der Waals surface area contributed by atoms with E-state index in [1.54, 1.807) is 29.1 Å². The van der Waals surface area contributed by atoms with Crippen LogP contribution in [0.25, 0.3) is 27.7 Å². The lowest BCUT2D eigenvalue weighted by Crippen LogP contribution is -2.12. The molecule has 0 amide bonds. The third-order valence-electron chi connectivity index (χ3n) is 6.42. The van der Waals surface area contributed by atoms with Crippen molar-refractivity contribution in [2.45, 2.75) is 18.3 Å². The summed E-state index contributed by atoms with van der Waals surface area (Å²) in [5.41, 5.74) is 3.96. The summed E-state index contributed by atoms with van der Waals surface area (Å²) in [6.45, 7) is 0. The summed E-state index contributed by atoms with van der Waals surface area (Å²) in [7, 11) is 0. The first-order valence-corrected chi connectivity index (χ1v) is 10.4. The minimum atomic E-state index is -0.632. The Hall–Kier alpha value is -3.93. The molecule has 0 atom stereocenters. The number of aldehydes is 1. The molecule has 2 aromatic carbocycles. The first kappa shape index (κ1) is 18.8. The zero-order chi connectivity index (χ0) is 21.9. The molecule has 3 heterocycles. The standard InChI is InChI=1S/C26H17F2N3O/c27-21-11-16(3-4-18(21)15-32)19-12-22(28)25-30-13-24(31(25)14-19)26(7-8-26)20-5-6-23-17(10-20)2-1-9-29-23/h1-6,9-15H,7-8H2. The van der Waals surface area contributed by atoms with E-state index in [4.69, 9.17) is 0 Å². The molecule has 1 fully saturated rings. The van der Waals surface area contributed by atoms with Gasteiger partial charge in [0, 0.05) is 28.8 Å². The van der Waals surface area contributed by atoms with Crippen LogP contribution in [-0.4, -0.2) is 20.7 Å². The number of hydrogen-bond donors (Lipinski definition) is 0. The predicted molar refractivity (Wildman–Crippen MR) is 118 cm³/mol. The topological polar surface area (TPSA) is 47.3 Å². The molecule has 32 heavy (non-hydrogen) atoms. The van der Waals surface area contributed by atoms with Gasteiger partial charge in [-0.1, -0.05) is 18.2 Å². The van der Waals surface area contributed by atoms with Crippen LogP contribution in [0.4, 0.5) is 8.78 Å². The van der Waals surface area contributed by atoms with Gasteiger partial charge in [-0.05, 0) is 60.4 Å². The third-order valence-corrected chi connectivity index (χ3v) is 6.42. The normalized spacial score (nSPS) is 14.7. The van der Waals surface area contributed by atoms with Crippen molar-refractivity contribution in [2.24, 2.45) is 0 Å². The van der Waals surface area contributed by atoms with Gasteiger partial charge in [0.25, 0.3) is 0 Å². The summed E-state index contributed by atoms with van der Waals surface area (Å²) >= 11 is 0. The maximum absolute atomic E-state index is 15.0. The molecule has 0 radical (unpaired) electrons. The van der Waals surface area contributed by atoms with Crippen LogP contribution in [-0.2, 0) is 5.41 Å². The zero-order valence-corrected chi connectivity index (χ0v) is 16.9. The van der Waals surface area contributed by atoms with Crippen LogP contribution in [0.5, 0.6) is 0 Å². The van der Waals surface area contributed by atoms with E-state index in [9.17, 15) is 13.6 Å². The van der Waals surface area contributed by atoms with Gasteiger partial charge in [0.1, 0.15) is 5.82 Å². The van der Waals surface area contributed by atoms with E-state index in [-0.39, 0.29) is 16.6 Å². The molecule has 0 aliphatic heterocycles. The lowest BCUT2D eigenvalue weighted by atomic mass is 9.91. The molecule has 0 unspecified atom stereocenters. The fourth-order valence-electron chi connectivity index (χ4n) is 4.55. The quantitative estimate of drug-likeness (QED) is 0.346. The van der Waals surface area contributed by atoms with Crippen molar-refractivity contribution in [3.8, 4) is 11.1 Å². The number of aromatic nitrogens is 3. The minimum Gasteiger partial charge on any atom is -0.300 e. The molecule has 156 valence electrons. The monoisotopic (exact) mass is 425 g/mol. The first-order chi connectivity index (χ1) is 15.6. The Morgan fingerprint density at radius 1 is 0.938 bits per heavy atom. The molecule has 1 saturated carbocycles. The van der Waals surface area contributed by atoms with Gasteiger partial charge in [-0.2, -0.15) is 0 Å². The second-order valence-electron chi connectivity index (χ2n) is 8.26. The molecule has 4 nitrogen and oxygen atoms in total. The average Bonchev–Trinajstić information content (AvgIpc) is 3.50. The van der Waals surface area contributed by atoms with Crippen LogP contribution in [0, 0.1) is 11.6 Å². The number of pyridine rings is 2. The molecule has 6 heteroatoms. The Bertz CT molecular complexity index is 1540. The molecule has 3 aromatic heterocycles. The number of fused-ring (bicyclic) bond motifs is 2. The van der Waals surface area contributed by atoms with Gasteiger partial charge >= 0.3 is 0 Å². The molecule has 6 rings (SSSR count). The van der Waals surface area contributed by atoms with E-state index in [2.05, 4.69) is 22.1 Å². The van der Waals surface area contributed by atoms with E-state index < -0.39 is 11.6 Å². The Labute approximate surface area is 182 Å². The van der Waals surface area contributed by atoms with Crippen LogP contribution in [0.15, 0.2) is 73.2 Å². The van der Waals surface area contributed by atoms with E-state index in [1.165, 1.54) is 18.2 Å². The summed E-state index contributed by atoms with van der Waals surface area (Å²) in [4.78, 5) is 19.7. The van der Waals surface area contributed by atoms with E-state index >= 15 is 0 Å². The highest BCUT2D eigenvalue weighted by Crippen LogP contribution is 2.54. The Balaban J connectivity index is 1.51. The van der Waals surface area contributed by atoms with E-state index in [1.807, 2.05) is 18.2 Å². The number of imidazole rings is 1. The maximum atomic E-state index is 15.0. The van der Waals surface area contributed by atoms with Crippen LogP contribution < -0.4 is 0 Å². The second-order valence-corrected chi connectivity index (χ2v) is 8.26. The van der Waals surface area contributed by atoms with Crippen molar-refractivity contribution >= 4 is 22.8 Å². The van der Waals surface area contributed by atoms with Crippen LogP contribution >= 0.6 is 0 Å². The molecule has 0 saturated heterocycles. The fourth-order valence-corrected chi connectivity index (χ4v) is 4.55. The zero-order valence-electron chi connectivity index (χ0n) is 16.9. The largest absolute Gasteiger partial charge is 0.300 e. The number of benzene rings is 2. The highest BCUT2D eigenvalue weighted by Gasteiger charge is 2.48. The van der Waals surface area contributed by atoms with Crippen LogP contribution in [0.2, 0.25) is 0 Å². The lowest BCUT2D eigenvalue weighted by molar-refractivity contribution is 0.112. The number of hydrogen-bond acceptors (Lipinski definition) is 3. The Kier molecular flexibility index (Phi) is 3.99. The predicted octanol–water partition coefficient (Wildman–Crippen LogP) is 5.72. The first-order valence-electron chi connectivity index (χ1n) is 10.4. The SMILES string of the molecule is O=Cc1ccc(-c2cc(F)c3ncc(C4(c5ccc6ncccc6c5)CC4)n3c2)cc1F. The summed E-state index contributed by atoms with van der Waals surface area (Å²) in [6, 6.07) is 15.8. The van der Waals surface area contributed by atoms with Crippen molar-refractivity contribution in [3.63, 3.8) is 0 Å². The molecule has 0 spiro atoms. The van der Waals surface area contributed by atoms with Gasteiger partial charge in [0.15, 0.2) is 17.8 Å². The van der Waals surface area contributed by atoms with E-state index in [0.717, 1.165) is 35.0 Å². The smallest absolute Gasteiger partial charge is 0.173 e. The van der Waals surface area contributed by atoms with Gasteiger partial charge in [-0.15, -0.1) is 0 Å². The Morgan fingerprint density at radius 2 is 1.78 bits per heavy atom. The number of carbonyl (C=O) groups excluding carboxylic acids is 1. The van der Waals surface area contributed by atoms with Gasteiger partial charge < -0.3 is 4.40 Å². The van der Waals surface area contributed by atoms with E-state index in [0.29, 0.717) is 17.4 Å². The number of nitrogens with zero attached hydrogens (tertiary/aromatic N) is 3. The summed E-state index contributed by atoms with van der Waals surface area (Å²) in [5.74, 6) is -1.11. The van der Waals surface area contributed by atoms with Crippen LogP contribution in [0.3, 0.4) is 0 Å². The van der Waals surface area contributed by atoms with Crippen molar-refractivity contribution in [1.29, 1.82) is 0 Å². The van der Waals surface area contributed by atoms with Crippen molar-refractivity contribution in [1.82, 2.24) is 14.4 Å². The molecular formula is C26H17F2N3O.